The molecule has 0 amide bonds. The number of hydrogen-bond donors (Lipinski definition) is 1. The molecule has 228 valence electrons. The summed E-state index contributed by atoms with van der Waals surface area (Å²) < 4.78 is 53.9. The molecule has 4 aromatic rings. The molecule has 0 fully saturated rings. The van der Waals surface area contributed by atoms with Crippen LogP contribution in [0.4, 0.5) is 0 Å². The first-order valence-electron chi connectivity index (χ1n) is 14.9. The molecule has 0 saturated carbocycles. The third kappa shape index (κ3) is 8.25. The monoisotopic (exact) mass is 627 g/mol. The third-order valence-electron chi connectivity index (χ3n) is 7.46. The Morgan fingerprint density at radius 1 is 0.818 bits per heavy atom. The lowest BCUT2D eigenvalue weighted by Gasteiger charge is -2.30. The van der Waals surface area contributed by atoms with Gasteiger partial charge in [-0.3, -0.25) is 9.84 Å². The minimum absolute atomic E-state index is 0.151. The van der Waals surface area contributed by atoms with Crippen molar-refractivity contribution in [1.82, 2.24) is 5.32 Å². The SMILES string of the molecule is CCCC(NCc1ccccc1CS(=O)(=O)c1ccc(-c2ccccc2)cc1)P(=O)(Oc1ccccc1)OC1C=CC=CC1. The summed E-state index contributed by atoms with van der Waals surface area (Å²) in [6, 6.07) is 33.4. The first-order chi connectivity index (χ1) is 21.4. The van der Waals surface area contributed by atoms with Gasteiger partial charge in [0.05, 0.1) is 16.8 Å². The molecule has 8 heteroatoms. The van der Waals surface area contributed by atoms with Crippen LogP contribution in [0, 0.1) is 0 Å². The van der Waals surface area contributed by atoms with Crippen LogP contribution in [0.15, 0.2) is 138 Å². The maximum absolute atomic E-state index is 14.5. The van der Waals surface area contributed by atoms with Crippen molar-refractivity contribution in [2.45, 2.75) is 55.3 Å². The first-order valence-corrected chi connectivity index (χ1v) is 18.2. The van der Waals surface area contributed by atoms with Crippen molar-refractivity contribution in [2.24, 2.45) is 0 Å². The highest BCUT2D eigenvalue weighted by Gasteiger charge is 2.39. The van der Waals surface area contributed by atoms with Crippen LogP contribution in [0.1, 0.15) is 37.3 Å². The lowest BCUT2D eigenvalue weighted by atomic mass is 10.1. The van der Waals surface area contributed by atoms with Gasteiger partial charge in [0.15, 0.2) is 9.84 Å². The Labute approximate surface area is 260 Å². The van der Waals surface area contributed by atoms with Gasteiger partial charge in [0.1, 0.15) is 11.5 Å². The molecule has 3 unspecified atom stereocenters. The second-order valence-corrected chi connectivity index (χ2v) is 14.8. The molecular weight excluding hydrogens is 589 g/mol. The molecule has 6 nitrogen and oxygen atoms in total. The van der Waals surface area contributed by atoms with Crippen molar-refractivity contribution < 1.29 is 22.0 Å². The van der Waals surface area contributed by atoms with Gasteiger partial charge in [-0.25, -0.2) is 13.0 Å². The van der Waals surface area contributed by atoms with E-state index >= 15 is 0 Å². The average molecular weight is 628 g/mol. The van der Waals surface area contributed by atoms with Gasteiger partial charge >= 0.3 is 7.60 Å². The Balaban J connectivity index is 1.34. The van der Waals surface area contributed by atoms with Gasteiger partial charge in [0.25, 0.3) is 0 Å². The van der Waals surface area contributed by atoms with Crippen LogP contribution in [0.2, 0.25) is 0 Å². The number of para-hydroxylation sites is 1. The summed E-state index contributed by atoms with van der Waals surface area (Å²) >= 11 is 0. The molecule has 0 aromatic heterocycles. The van der Waals surface area contributed by atoms with Crippen LogP contribution < -0.4 is 9.84 Å². The highest BCUT2D eigenvalue weighted by Crippen LogP contribution is 2.55. The molecule has 1 N–H and O–H groups in total. The van der Waals surface area contributed by atoms with Gasteiger partial charge in [0.2, 0.25) is 0 Å². The van der Waals surface area contributed by atoms with Crippen molar-refractivity contribution in [3.05, 3.63) is 145 Å². The highest BCUT2D eigenvalue weighted by molar-refractivity contribution is 7.90. The Morgan fingerprint density at radius 3 is 2.11 bits per heavy atom. The Kier molecular flexibility index (Phi) is 10.7. The van der Waals surface area contributed by atoms with Crippen molar-refractivity contribution in [2.75, 3.05) is 0 Å². The third-order valence-corrected chi connectivity index (χ3v) is 11.4. The highest BCUT2D eigenvalue weighted by atomic mass is 32.2. The quantitative estimate of drug-likeness (QED) is 0.141. The lowest BCUT2D eigenvalue weighted by molar-refractivity contribution is 0.204. The van der Waals surface area contributed by atoms with E-state index in [0.29, 0.717) is 30.7 Å². The topological polar surface area (TPSA) is 81.7 Å². The standard InChI is InChI=1S/C36H38NO5PS/c1-2-14-36(43(38,41-33-19-8-4-9-20-33)42-34-21-10-5-11-22-34)37-27-31-17-12-13-18-32(31)28-44(39,40)35-25-23-30(24-26-35)29-15-6-3-7-16-29/h3-13,15-21,23-26,34,36-37H,2,14,22,27-28H2,1H3. The molecule has 0 spiro atoms. The fourth-order valence-electron chi connectivity index (χ4n) is 5.13. The molecule has 0 heterocycles. The normalized spacial score (nSPS) is 16.7. The number of allylic oxidation sites excluding steroid dienone is 2. The summed E-state index contributed by atoms with van der Waals surface area (Å²) in [7, 11) is -7.34. The zero-order valence-electron chi connectivity index (χ0n) is 24.8. The maximum Gasteiger partial charge on any atom is 0.396 e. The van der Waals surface area contributed by atoms with Crippen LogP contribution in [0.5, 0.6) is 5.75 Å². The molecule has 3 atom stereocenters. The zero-order chi connectivity index (χ0) is 30.8. The van der Waals surface area contributed by atoms with Crippen molar-refractivity contribution >= 4 is 17.4 Å². The number of nitrogens with one attached hydrogen (secondary N) is 1. The van der Waals surface area contributed by atoms with Gasteiger partial charge in [-0.2, -0.15) is 0 Å². The second-order valence-electron chi connectivity index (χ2n) is 10.7. The van der Waals surface area contributed by atoms with E-state index in [0.717, 1.165) is 23.1 Å². The first kappa shape index (κ1) is 31.7. The molecule has 1 aliphatic rings. The minimum atomic E-state index is -3.72. The van der Waals surface area contributed by atoms with Crippen molar-refractivity contribution in [3.63, 3.8) is 0 Å². The second kappa shape index (κ2) is 14.8. The van der Waals surface area contributed by atoms with E-state index < -0.39 is 23.2 Å². The van der Waals surface area contributed by atoms with Crippen molar-refractivity contribution in [1.29, 1.82) is 0 Å². The van der Waals surface area contributed by atoms with E-state index in [2.05, 4.69) is 5.32 Å². The molecular formula is C36H38NO5PS. The molecule has 4 aromatic carbocycles. The summed E-state index contributed by atoms with van der Waals surface area (Å²) in [5.74, 6) is -0.289. The van der Waals surface area contributed by atoms with E-state index in [9.17, 15) is 13.0 Å². The number of benzene rings is 4. The summed E-state index contributed by atoms with van der Waals surface area (Å²) in [4.78, 5) is 0.271. The molecule has 0 saturated heterocycles. The fourth-order valence-corrected chi connectivity index (χ4v) is 8.69. The summed E-state index contributed by atoms with van der Waals surface area (Å²) in [5.41, 5.74) is 3.48. The van der Waals surface area contributed by atoms with Gasteiger partial charge in [-0.15, -0.1) is 0 Å². The van der Waals surface area contributed by atoms with Crippen LogP contribution >= 0.6 is 7.60 Å². The average Bonchev–Trinajstić information content (AvgIpc) is 3.05. The van der Waals surface area contributed by atoms with E-state index in [1.165, 1.54) is 0 Å². The van der Waals surface area contributed by atoms with Crippen LogP contribution in [0.25, 0.3) is 11.1 Å². The van der Waals surface area contributed by atoms with Gasteiger partial charge in [-0.05, 0) is 59.4 Å². The van der Waals surface area contributed by atoms with Crippen molar-refractivity contribution in [3.8, 4) is 16.9 Å². The Bertz CT molecular complexity index is 1720. The zero-order valence-corrected chi connectivity index (χ0v) is 26.5. The van der Waals surface area contributed by atoms with Gasteiger partial charge in [0, 0.05) is 6.54 Å². The molecule has 1 aliphatic carbocycles. The van der Waals surface area contributed by atoms with E-state index in [-0.39, 0.29) is 16.8 Å². The fraction of sp³-hybridized carbons (Fsp3) is 0.222. The molecule has 0 bridgehead atoms. The predicted molar refractivity (Wildman–Crippen MR) is 177 cm³/mol. The van der Waals surface area contributed by atoms with Crippen LogP contribution in [0.3, 0.4) is 0 Å². The maximum atomic E-state index is 14.5. The summed E-state index contributed by atoms with van der Waals surface area (Å²) in [5, 5.41) is 3.43. The Hall–Kier alpha value is -3.74. The lowest BCUT2D eigenvalue weighted by Crippen LogP contribution is -2.33. The van der Waals surface area contributed by atoms with Crippen LogP contribution in [-0.4, -0.2) is 20.3 Å². The predicted octanol–water partition coefficient (Wildman–Crippen LogP) is 8.72. The number of sulfone groups is 1. The summed E-state index contributed by atoms with van der Waals surface area (Å²) in [6.07, 6.45) is 9.21. The largest absolute Gasteiger partial charge is 0.423 e. The molecule has 0 aliphatic heterocycles. The minimum Gasteiger partial charge on any atom is -0.423 e. The molecule has 44 heavy (non-hydrogen) atoms. The Morgan fingerprint density at radius 2 is 1.45 bits per heavy atom. The molecule has 5 rings (SSSR count). The van der Waals surface area contributed by atoms with E-state index in [1.807, 2.05) is 116 Å². The summed E-state index contributed by atoms with van der Waals surface area (Å²) in [6.45, 7) is 2.32. The van der Waals surface area contributed by atoms with Gasteiger partial charge in [-0.1, -0.05) is 123 Å². The number of rotatable bonds is 14. The number of hydrogen-bond acceptors (Lipinski definition) is 6. The smallest absolute Gasteiger partial charge is 0.396 e. The molecule has 0 radical (unpaired) electrons. The van der Waals surface area contributed by atoms with E-state index in [4.69, 9.17) is 9.05 Å². The van der Waals surface area contributed by atoms with Gasteiger partial charge < -0.3 is 4.52 Å². The van der Waals surface area contributed by atoms with Crippen LogP contribution in [-0.2, 0) is 31.2 Å². The van der Waals surface area contributed by atoms with E-state index in [1.54, 1.807) is 24.3 Å².